The van der Waals surface area contributed by atoms with Gasteiger partial charge in [0.25, 0.3) is 5.91 Å². The zero-order valence-corrected chi connectivity index (χ0v) is 16.6. The first-order valence-corrected chi connectivity index (χ1v) is 10.2. The number of esters is 2. The summed E-state index contributed by atoms with van der Waals surface area (Å²) in [7, 11) is 0. The number of hydrogen-bond donors (Lipinski definition) is 1. The first kappa shape index (κ1) is 21.0. The molecule has 7 heteroatoms. The van der Waals surface area contributed by atoms with Gasteiger partial charge in [-0.15, -0.1) is 0 Å². The summed E-state index contributed by atoms with van der Waals surface area (Å²) in [6, 6.07) is 6.32. The van der Waals surface area contributed by atoms with Crippen molar-refractivity contribution in [3.63, 3.8) is 0 Å². The number of ketones is 1. The van der Waals surface area contributed by atoms with Crippen molar-refractivity contribution in [1.29, 1.82) is 0 Å². The Morgan fingerprint density at radius 3 is 2.31 bits per heavy atom. The highest BCUT2D eigenvalue weighted by atomic mass is 16.5. The van der Waals surface area contributed by atoms with E-state index in [0.29, 0.717) is 36.5 Å². The van der Waals surface area contributed by atoms with Gasteiger partial charge in [-0.2, -0.15) is 0 Å². The molecule has 1 unspecified atom stereocenters. The first-order chi connectivity index (χ1) is 14.0. The summed E-state index contributed by atoms with van der Waals surface area (Å²) in [4.78, 5) is 48.3. The second-order valence-electron chi connectivity index (χ2n) is 7.76. The van der Waals surface area contributed by atoms with E-state index >= 15 is 0 Å². The van der Waals surface area contributed by atoms with E-state index in [9.17, 15) is 19.2 Å². The summed E-state index contributed by atoms with van der Waals surface area (Å²) in [6.45, 7) is 1.90. The molecule has 2 fully saturated rings. The van der Waals surface area contributed by atoms with Gasteiger partial charge in [-0.05, 0) is 56.4 Å². The fraction of sp³-hybridized carbons (Fsp3) is 0.545. The van der Waals surface area contributed by atoms with E-state index in [2.05, 4.69) is 5.32 Å². The Balaban J connectivity index is 1.44. The molecule has 2 saturated carbocycles. The summed E-state index contributed by atoms with van der Waals surface area (Å²) in [5.74, 6) is -1.34. The van der Waals surface area contributed by atoms with Crippen LogP contribution in [0.5, 0.6) is 0 Å². The summed E-state index contributed by atoms with van der Waals surface area (Å²) in [5, 5.41) is 2.63. The number of nitrogens with one attached hydrogen (secondary N) is 1. The minimum Gasteiger partial charge on any atom is -0.462 e. The Kier molecular flexibility index (Phi) is 7.01. The van der Waals surface area contributed by atoms with Crippen molar-refractivity contribution < 1.29 is 28.7 Å². The van der Waals surface area contributed by atoms with Gasteiger partial charge in [0, 0.05) is 17.5 Å². The summed E-state index contributed by atoms with van der Waals surface area (Å²) >= 11 is 0. The third-order valence-corrected chi connectivity index (χ3v) is 5.57. The van der Waals surface area contributed by atoms with Crippen LogP contribution in [0.15, 0.2) is 24.3 Å². The van der Waals surface area contributed by atoms with E-state index in [1.54, 1.807) is 24.3 Å². The number of anilines is 1. The van der Waals surface area contributed by atoms with Gasteiger partial charge in [0.1, 0.15) is 5.78 Å². The van der Waals surface area contributed by atoms with Gasteiger partial charge in [0.05, 0.1) is 18.1 Å². The maximum absolute atomic E-state index is 12.3. The molecule has 156 valence electrons. The molecule has 1 aromatic carbocycles. The Morgan fingerprint density at radius 2 is 1.69 bits per heavy atom. The highest BCUT2D eigenvalue weighted by Gasteiger charge is 2.41. The van der Waals surface area contributed by atoms with Crippen molar-refractivity contribution in [3.05, 3.63) is 29.8 Å². The number of carbonyl (C=O) groups excluding carboxylic acids is 4. The molecular weight excluding hydrogens is 374 g/mol. The number of benzene rings is 1. The Bertz CT molecular complexity index is 756. The fourth-order valence-corrected chi connectivity index (χ4v) is 4.09. The summed E-state index contributed by atoms with van der Waals surface area (Å²) in [5.41, 5.74) is 0.899. The van der Waals surface area contributed by atoms with Crippen LogP contribution >= 0.6 is 0 Å². The molecule has 0 heterocycles. The number of fused-ring (bicyclic) bond motifs is 2. The van der Waals surface area contributed by atoms with Crippen LogP contribution in [0.1, 0.15) is 55.8 Å². The molecule has 3 rings (SSSR count). The third kappa shape index (κ3) is 5.43. The van der Waals surface area contributed by atoms with Crippen LogP contribution in [0.25, 0.3) is 0 Å². The Morgan fingerprint density at radius 1 is 1.03 bits per heavy atom. The van der Waals surface area contributed by atoms with E-state index in [1.165, 1.54) is 0 Å². The molecule has 1 aromatic rings. The smallest absolute Gasteiger partial charge is 0.338 e. The summed E-state index contributed by atoms with van der Waals surface area (Å²) < 4.78 is 10.2. The minimum atomic E-state index is -0.452. The average molecular weight is 401 g/mol. The van der Waals surface area contributed by atoms with E-state index in [4.69, 9.17) is 9.47 Å². The van der Waals surface area contributed by atoms with Crippen molar-refractivity contribution in [2.24, 2.45) is 17.8 Å². The van der Waals surface area contributed by atoms with Crippen LogP contribution in [0.4, 0.5) is 5.69 Å². The molecule has 0 radical (unpaired) electrons. The topological polar surface area (TPSA) is 98.8 Å². The normalized spacial score (nSPS) is 23.2. The molecule has 7 nitrogen and oxygen atoms in total. The first-order valence-electron chi connectivity index (χ1n) is 10.2. The van der Waals surface area contributed by atoms with Gasteiger partial charge >= 0.3 is 11.9 Å². The van der Waals surface area contributed by atoms with Crippen molar-refractivity contribution >= 4 is 29.3 Å². The second-order valence-corrected chi connectivity index (χ2v) is 7.76. The van der Waals surface area contributed by atoms with Gasteiger partial charge in [-0.1, -0.05) is 13.3 Å². The highest BCUT2D eigenvalue weighted by Crippen LogP contribution is 2.40. The fourth-order valence-electron chi connectivity index (χ4n) is 4.09. The van der Waals surface area contributed by atoms with E-state index in [-0.39, 0.29) is 24.4 Å². The predicted octanol–water partition coefficient (Wildman–Crippen LogP) is 3.13. The predicted molar refractivity (Wildman–Crippen MR) is 105 cm³/mol. The molecule has 1 N–H and O–H groups in total. The molecule has 0 spiro atoms. The van der Waals surface area contributed by atoms with Gasteiger partial charge < -0.3 is 14.8 Å². The Hall–Kier alpha value is -2.70. The lowest BCUT2D eigenvalue weighted by molar-refractivity contribution is -0.155. The SMILES string of the molecule is CCCOC(=O)c1ccc(NC(=O)COC(=O)C2C[C@H]3CCC[C@@H](C2)C3=O)cc1. The quantitative estimate of drug-likeness (QED) is 0.705. The number of rotatable bonds is 7. The molecule has 2 aliphatic carbocycles. The van der Waals surface area contributed by atoms with E-state index in [0.717, 1.165) is 25.7 Å². The van der Waals surface area contributed by atoms with Crippen molar-refractivity contribution in [2.45, 2.75) is 45.4 Å². The van der Waals surface area contributed by atoms with Gasteiger partial charge in [-0.25, -0.2) is 4.79 Å². The molecule has 1 amide bonds. The zero-order valence-electron chi connectivity index (χ0n) is 16.6. The highest BCUT2D eigenvalue weighted by molar-refractivity contribution is 5.94. The Labute approximate surface area is 170 Å². The second kappa shape index (κ2) is 9.67. The van der Waals surface area contributed by atoms with Crippen LogP contribution < -0.4 is 5.32 Å². The largest absolute Gasteiger partial charge is 0.462 e. The number of hydrogen-bond acceptors (Lipinski definition) is 6. The van der Waals surface area contributed by atoms with Crippen LogP contribution in [0.2, 0.25) is 0 Å². The molecule has 2 aliphatic rings. The molecule has 0 aromatic heterocycles. The molecule has 0 saturated heterocycles. The van der Waals surface area contributed by atoms with Crippen molar-refractivity contribution in [3.8, 4) is 0 Å². The minimum absolute atomic E-state index is 0.0311. The van der Waals surface area contributed by atoms with E-state index < -0.39 is 17.8 Å². The molecule has 29 heavy (non-hydrogen) atoms. The molecular formula is C22H27NO6. The summed E-state index contributed by atoms with van der Waals surface area (Å²) in [6.07, 6.45) is 4.55. The number of amides is 1. The van der Waals surface area contributed by atoms with Crippen LogP contribution in [-0.4, -0.2) is 36.8 Å². The number of ether oxygens (including phenoxy) is 2. The van der Waals surface area contributed by atoms with Gasteiger partial charge in [0.2, 0.25) is 0 Å². The van der Waals surface area contributed by atoms with Crippen molar-refractivity contribution in [2.75, 3.05) is 18.5 Å². The van der Waals surface area contributed by atoms with Crippen molar-refractivity contribution in [1.82, 2.24) is 0 Å². The molecule has 0 aliphatic heterocycles. The standard InChI is InChI=1S/C22H27NO6/c1-2-10-28-21(26)14-6-8-18(9-7-14)23-19(24)13-29-22(27)17-11-15-4-3-5-16(12-17)20(15)25/h6-9,15-17H,2-5,10-13H2,1H3,(H,23,24)/t15-,16+,17?. The van der Waals surface area contributed by atoms with Crippen LogP contribution in [0.3, 0.4) is 0 Å². The number of carbonyl (C=O) groups is 4. The third-order valence-electron chi connectivity index (χ3n) is 5.57. The van der Waals surface area contributed by atoms with Gasteiger partial charge in [0.15, 0.2) is 6.61 Å². The maximum Gasteiger partial charge on any atom is 0.338 e. The molecule has 2 bridgehead atoms. The van der Waals surface area contributed by atoms with Crippen LogP contribution in [0, 0.1) is 17.8 Å². The average Bonchev–Trinajstić information content (AvgIpc) is 2.70. The molecule has 3 atom stereocenters. The lowest BCUT2D eigenvalue weighted by Gasteiger charge is -2.36. The lowest BCUT2D eigenvalue weighted by atomic mass is 9.67. The monoisotopic (exact) mass is 401 g/mol. The maximum atomic E-state index is 12.3. The lowest BCUT2D eigenvalue weighted by Crippen LogP contribution is -2.40. The zero-order chi connectivity index (χ0) is 20.8. The van der Waals surface area contributed by atoms with Gasteiger partial charge in [-0.3, -0.25) is 14.4 Å². The van der Waals surface area contributed by atoms with Crippen LogP contribution in [-0.2, 0) is 23.9 Å². The number of Topliss-reactive ketones (excluding diaryl/α,β-unsaturated/α-hetero) is 1. The van der Waals surface area contributed by atoms with E-state index in [1.807, 2.05) is 6.92 Å².